The highest BCUT2D eigenvalue weighted by molar-refractivity contribution is 5.67. The summed E-state index contributed by atoms with van der Waals surface area (Å²) >= 11 is 0. The second-order valence-electron chi connectivity index (χ2n) is 5.78. The molecule has 0 rings (SSSR count). The molecule has 0 fully saturated rings. The number of carbonyl (C=O) groups is 1. The average molecular weight is 246 g/mol. The Kier molecular flexibility index (Phi) is 6.49. The first kappa shape index (κ1) is 16.2. The van der Waals surface area contributed by atoms with Crippen molar-refractivity contribution in [3.63, 3.8) is 0 Å². The molecule has 3 N–H and O–H groups in total. The smallest absolute Gasteiger partial charge is 0.407 e. The van der Waals surface area contributed by atoms with Gasteiger partial charge in [-0.1, -0.05) is 0 Å². The van der Waals surface area contributed by atoms with Crippen molar-refractivity contribution in [2.75, 3.05) is 19.8 Å². The number of rotatable bonds is 6. The van der Waals surface area contributed by atoms with Crippen molar-refractivity contribution in [3.8, 4) is 0 Å². The summed E-state index contributed by atoms with van der Waals surface area (Å²) in [5.41, 5.74) is 5.12. The van der Waals surface area contributed by atoms with Crippen LogP contribution in [0.2, 0.25) is 0 Å². The molecule has 0 aromatic heterocycles. The second kappa shape index (κ2) is 6.81. The minimum atomic E-state index is -0.464. The fraction of sp³-hybridized carbons (Fsp3) is 0.917. The molecular formula is C12H26N2O3. The number of hydrogen-bond acceptors (Lipinski definition) is 4. The van der Waals surface area contributed by atoms with Gasteiger partial charge in [0.25, 0.3) is 0 Å². The van der Waals surface area contributed by atoms with Crippen molar-refractivity contribution in [1.29, 1.82) is 0 Å². The number of alkyl carbamates (subject to hydrolysis) is 1. The number of nitrogens with two attached hydrogens (primary N) is 1. The van der Waals surface area contributed by atoms with E-state index in [1.807, 2.05) is 34.6 Å². The van der Waals surface area contributed by atoms with Crippen LogP contribution in [0.15, 0.2) is 0 Å². The third-order valence-electron chi connectivity index (χ3n) is 1.81. The molecule has 0 aliphatic heterocycles. The van der Waals surface area contributed by atoms with Gasteiger partial charge in [-0.05, 0) is 41.0 Å². The molecule has 17 heavy (non-hydrogen) atoms. The van der Waals surface area contributed by atoms with Gasteiger partial charge in [0, 0.05) is 18.7 Å². The molecule has 0 aliphatic carbocycles. The van der Waals surface area contributed by atoms with Crippen LogP contribution < -0.4 is 11.1 Å². The normalized spacial score (nSPS) is 12.4. The van der Waals surface area contributed by atoms with Crippen LogP contribution in [0.1, 0.15) is 41.0 Å². The lowest BCUT2D eigenvalue weighted by Crippen LogP contribution is -2.35. The molecule has 0 aliphatic rings. The Hall–Kier alpha value is -0.810. The molecule has 0 aromatic carbocycles. The van der Waals surface area contributed by atoms with Gasteiger partial charge in [0.15, 0.2) is 0 Å². The van der Waals surface area contributed by atoms with Crippen molar-refractivity contribution >= 4 is 6.09 Å². The van der Waals surface area contributed by atoms with Crippen molar-refractivity contribution in [2.45, 2.75) is 52.2 Å². The lowest BCUT2D eigenvalue weighted by atomic mass is 10.0. The summed E-state index contributed by atoms with van der Waals surface area (Å²) in [7, 11) is 0. The number of ether oxygens (including phenoxy) is 2. The van der Waals surface area contributed by atoms with Gasteiger partial charge in [-0.25, -0.2) is 4.79 Å². The predicted octanol–water partition coefficient (Wildman–Crippen LogP) is 1.66. The van der Waals surface area contributed by atoms with E-state index in [1.54, 1.807) is 0 Å². The summed E-state index contributed by atoms with van der Waals surface area (Å²) in [6, 6.07) is 0. The summed E-state index contributed by atoms with van der Waals surface area (Å²) in [6.45, 7) is 10.9. The number of nitrogens with one attached hydrogen (secondary N) is 1. The van der Waals surface area contributed by atoms with Crippen LogP contribution in [-0.2, 0) is 9.47 Å². The molecule has 0 saturated heterocycles. The van der Waals surface area contributed by atoms with Crippen LogP contribution >= 0.6 is 0 Å². The molecule has 1 amide bonds. The Morgan fingerprint density at radius 1 is 1.18 bits per heavy atom. The molecular weight excluding hydrogens is 220 g/mol. The zero-order chi connectivity index (χ0) is 13.5. The van der Waals surface area contributed by atoms with E-state index >= 15 is 0 Å². The molecule has 0 aromatic rings. The highest BCUT2D eigenvalue weighted by Gasteiger charge is 2.15. The van der Waals surface area contributed by atoms with E-state index in [-0.39, 0.29) is 5.54 Å². The van der Waals surface area contributed by atoms with Gasteiger partial charge >= 0.3 is 6.09 Å². The third kappa shape index (κ3) is 13.1. The van der Waals surface area contributed by atoms with Crippen LogP contribution in [0.25, 0.3) is 0 Å². The van der Waals surface area contributed by atoms with Crippen LogP contribution in [0.3, 0.4) is 0 Å². The van der Waals surface area contributed by atoms with Gasteiger partial charge in [-0.15, -0.1) is 0 Å². The molecule has 0 heterocycles. The third-order valence-corrected chi connectivity index (χ3v) is 1.81. The van der Waals surface area contributed by atoms with E-state index < -0.39 is 11.7 Å². The summed E-state index contributed by atoms with van der Waals surface area (Å²) in [5, 5.41) is 2.62. The zero-order valence-corrected chi connectivity index (χ0v) is 11.6. The van der Waals surface area contributed by atoms with Crippen LogP contribution in [-0.4, -0.2) is 37.0 Å². The van der Waals surface area contributed by atoms with Crippen molar-refractivity contribution < 1.29 is 14.3 Å². The number of hydrogen-bond donors (Lipinski definition) is 2. The Balaban J connectivity index is 3.44. The SMILES string of the molecule is CC(C)(N)CCOCCNC(=O)OC(C)(C)C. The van der Waals surface area contributed by atoms with E-state index in [0.29, 0.717) is 19.8 Å². The molecule has 0 bridgehead atoms. The highest BCUT2D eigenvalue weighted by atomic mass is 16.6. The Labute approximate surface area is 104 Å². The van der Waals surface area contributed by atoms with E-state index in [0.717, 1.165) is 6.42 Å². The summed E-state index contributed by atoms with van der Waals surface area (Å²) in [6.07, 6.45) is 0.375. The molecule has 0 saturated carbocycles. The first-order valence-electron chi connectivity index (χ1n) is 5.94. The highest BCUT2D eigenvalue weighted by Crippen LogP contribution is 2.06. The van der Waals surface area contributed by atoms with Crippen LogP contribution in [0, 0.1) is 0 Å². The van der Waals surface area contributed by atoms with Crippen LogP contribution in [0.4, 0.5) is 4.79 Å². The fourth-order valence-corrected chi connectivity index (χ4v) is 0.977. The molecule has 5 heteroatoms. The minimum Gasteiger partial charge on any atom is -0.444 e. The van der Waals surface area contributed by atoms with Crippen molar-refractivity contribution in [2.24, 2.45) is 5.73 Å². The monoisotopic (exact) mass is 246 g/mol. The Morgan fingerprint density at radius 3 is 2.24 bits per heavy atom. The lowest BCUT2D eigenvalue weighted by Gasteiger charge is -2.20. The maximum Gasteiger partial charge on any atom is 0.407 e. The van der Waals surface area contributed by atoms with E-state index in [2.05, 4.69) is 5.32 Å². The number of amides is 1. The largest absolute Gasteiger partial charge is 0.444 e. The predicted molar refractivity (Wildman–Crippen MR) is 67.9 cm³/mol. The number of carbonyl (C=O) groups excluding carboxylic acids is 1. The van der Waals surface area contributed by atoms with Crippen molar-refractivity contribution in [1.82, 2.24) is 5.32 Å². The molecule has 0 unspecified atom stereocenters. The molecule has 5 nitrogen and oxygen atoms in total. The van der Waals surface area contributed by atoms with Gasteiger partial charge in [0.05, 0.1) is 6.61 Å². The Morgan fingerprint density at radius 2 is 1.76 bits per heavy atom. The minimum absolute atomic E-state index is 0.210. The summed E-state index contributed by atoms with van der Waals surface area (Å²) in [5.74, 6) is 0. The quantitative estimate of drug-likeness (QED) is 0.699. The summed E-state index contributed by atoms with van der Waals surface area (Å²) in [4.78, 5) is 11.2. The Bertz CT molecular complexity index is 229. The fourth-order valence-electron chi connectivity index (χ4n) is 0.977. The molecule has 0 spiro atoms. The van der Waals surface area contributed by atoms with E-state index in [4.69, 9.17) is 15.2 Å². The first-order valence-corrected chi connectivity index (χ1v) is 5.94. The zero-order valence-electron chi connectivity index (χ0n) is 11.6. The van der Waals surface area contributed by atoms with Gasteiger partial charge < -0.3 is 20.5 Å². The standard InChI is InChI=1S/C12H26N2O3/c1-11(2,3)17-10(15)14-7-9-16-8-6-12(4,5)13/h6-9,13H2,1-5H3,(H,14,15). The summed E-state index contributed by atoms with van der Waals surface area (Å²) < 4.78 is 10.4. The topological polar surface area (TPSA) is 73.6 Å². The van der Waals surface area contributed by atoms with Gasteiger partial charge in [-0.2, -0.15) is 0 Å². The second-order valence-corrected chi connectivity index (χ2v) is 5.78. The van der Waals surface area contributed by atoms with E-state index in [9.17, 15) is 4.79 Å². The maximum atomic E-state index is 11.2. The first-order chi connectivity index (χ1) is 7.60. The maximum absolute atomic E-state index is 11.2. The van der Waals surface area contributed by atoms with Crippen LogP contribution in [0.5, 0.6) is 0 Å². The molecule has 0 atom stereocenters. The van der Waals surface area contributed by atoms with Gasteiger partial charge in [0.2, 0.25) is 0 Å². The molecule has 102 valence electrons. The lowest BCUT2D eigenvalue weighted by molar-refractivity contribution is 0.0494. The van der Waals surface area contributed by atoms with Gasteiger partial charge in [0.1, 0.15) is 5.60 Å². The van der Waals surface area contributed by atoms with Gasteiger partial charge in [-0.3, -0.25) is 0 Å². The average Bonchev–Trinajstić information content (AvgIpc) is 2.06. The molecule has 0 radical (unpaired) electrons. The van der Waals surface area contributed by atoms with Crippen molar-refractivity contribution in [3.05, 3.63) is 0 Å². The van der Waals surface area contributed by atoms with E-state index in [1.165, 1.54) is 0 Å².